The van der Waals surface area contributed by atoms with Crippen LogP contribution in [0, 0.1) is 6.92 Å². The molecule has 1 aromatic heterocycles. The van der Waals surface area contributed by atoms with Crippen LogP contribution in [0.4, 0.5) is 0 Å². The van der Waals surface area contributed by atoms with E-state index in [-0.39, 0.29) is 18.1 Å². The normalized spacial score (nSPS) is 11.3. The fourth-order valence-electron chi connectivity index (χ4n) is 1.55. The first-order valence-corrected chi connectivity index (χ1v) is 7.54. The second-order valence-electron chi connectivity index (χ2n) is 4.03. The average molecular weight is 286 g/mol. The summed E-state index contributed by atoms with van der Waals surface area (Å²) in [5.41, 5.74) is 8.09. The highest BCUT2D eigenvalue weighted by molar-refractivity contribution is 7.89. The van der Waals surface area contributed by atoms with Crippen molar-refractivity contribution in [2.75, 3.05) is 13.1 Å². The molecule has 0 saturated heterocycles. The van der Waals surface area contributed by atoms with Crippen LogP contribution in [-0.4, -0.2) is 31.1 Å². The smallest absolute Gasteiger partial charge is 0.259 e. The number of rotatable bonds is 8. The predicted octanol–water partition coefficient (Wildman–Crippen LogP) is 1.58. The lowest BCUT2D eigenvalue weighted by molar-refractivity contribution is 0.576. The summed E-state index contributed by atoms with van der Waals surface area (Å²) >= 11 is 0. The van der Waals surface area contributed by atoms with Crippen LogP contribution < -0.4 is 4.72 Å². The zero-order valence-electron chi connectivity index (χ0n) is 11.1. The molecule has 9 heteroatoms. The van der Waals surface area contributed by atoms with Crippen molar-refractivity contribution in [3.63, 3.8) is 0 Å². The Hall–Kier alpha value is -1.57. The summed E-state index contributed by atoms with van der Waals surface area (Å²) in [6.45, 7) is 5.02. The first-order chi connectivity index (χ1) is 9.01. The number of aryl methyl sites for hydroxylation is 2. The Morgan fingerprint density at radius 3 is 2.95 bits per heavy atom. The maximum atomic E-state index is 11.9. The van der Waals surface area contributed by atoms with Gasteiger partial charge in [-0.2, -0.15) is 0 Å². The van der Waals surface area contributed by atoms with Gasteiger partial charge in [0.05, 0.1) is 0 Å². The number of sulfonamides is 1. The molecule has 8 nitrogen and oxygen atoms in total. The molecule has 0 aliphatic rings. The molecule has 1 aromatic rings. The molecule has 0 unspecified atom stereocenters. The van der Waals surface area contributed by atoms with E-state index in [0.29, 0.717) is 12.2 Å². The fraction of sp³-hybridized carbons (Fsp3) is 0.700. The van der Waals surface area contributed by atoms with Gasteiger partial charge in [-0.25, -0.2) is 18.1 Å². The number of hydrogen-bond acceptors (Lipinski definition) is 4. The van der Waals surface area contributed by atoms with Gasteiger partial charge in [0.1, 0.15) is 5.82 Å². The molecule has 0 bridgehead atoms. The third-order valence-electron chi connectivity index (χ3n) is 2.48. The highest BCUT2D eigenvalue weighted by Crippen LogP contribution is 2.09. The van der Waals surface area contributed by atoms with Crippen molar-refractivity contribution in [1.29, 1.82) is 0 Å². The van der Waals surface area contributed by atoms with Gasteiger partial charge in [-0.15, -0.1) is 0 Å². The van der Waals surface area contributed by atoms with Crippen molar-refractivity contribution < 1.29 is 8.42 Å². The van der Waals surface area contributed by atoms with Crippen molar-refractivity contribution >= 4 is 10.0 Å². The van der Waals surface area contributed by atoms with Crippen LogP contribution in [-0.2, 0) is 16.6 Å². The minimum Gasteiger partial charge on any atom is -0.334 e. The van der Waals surface area contributed by atoms with Gasteiger partial charge in [-0.1, -0.05) is 12.0 Å². The molecular formula is C10H18N6O2S. The van der Waals surface area contributed by atoms with Gasteiger partial charge < -0.3 is 4.57 Å². The van der Waals surface area contributed by atoms with Crippen LogP contribution >= 0.6 is 0 Å². The van der Waals surface area contributed by atoms with Crippen LogP contribution in [0.5, 0.6) is 0 Å². The number of aromatic nitrogens is 2. The second-order valence-corrected chi connectivity index (χ2v) is 5.74. The molecule has 1 heterocycles. The summed E-state index contributed by atoms with van der Waals surface area (Å²) in [7, 11) is -3.58. The Labute approximate surface area is 112 Å². The quantitative estimate of drug-likeness (QED) is 0.338. The van der Waals surface area contributed by atoms with Crippen LogP contribution in [0.1, 0.15) is 25.6 Å². The first kappa shape index (κ1) is 15.5. The molecule has 0 aromatic carbocycles. The number of nitrogens with one attached hydrogen (secondary N) is 1. The molecule has 106 valence electrons. The lowest BCUT2D eigenvalue weighted by Crippen LogP contribution is -2.25. The van der Waals surface area contributed by atoms with E-state index >= 15 is 0 Å². The van der Waals surface area contributed by atoms with Crippen LogP contribution in [0.3, 0.4) is 0 Å². The average Bonchev–Trinajstić information content (AvgIpc) is 2.72. The van der Waals surface area contributed by atoms with Crippen LogP contribution in [0.25, 0.3) is 10.4 Å². The van der Waals surface area contributed by atoms with Gasteiger partial charge in [0, 0.05) is 30.7 Å². The number of azide groups is 1. The molecule has 0 fully saturated rings. The number of imidazole rings is 1. The molecule has 0 aliphatic carbocycles. The second kappa shape index (κ2) is 7.13. The highest BCUT2D eigenvalue weighted by Gasteiger charge is 2.18. The van der Waals surface area contributed by atoms with E-state index in [9.17, 15) is 8.42 Å². The monoisotopic (exact) mass is 286 g/mol. The minimum atomic E-state index is -3.58. The van der Waals surface area contributed by atoms with Crippen molar-refractivity contribution in [3.8, 4) is 0 Å². The van der Waals surface area contributed by atoms with E-state index in [1.165, 1.54) is 6.20 Å². The summed E-state index contributed by atoms with van der Waals surface area (Å²) in [6.07, 6.45) is 2.91. The first-order valence-electron chi connectivity index (χ1n) is 6.05. The summed E-state index contributed by atoms with van der Waals surface area (Å²) < 4.78 is 28.1. The van der Waals surface area contributed by atoms with Gasteiger partial charge in [0.25, 0.3) is 10.0 Å². The minimum absolute atomic E-state index is 0.0298. The SMILES string of the molecule is CCCn1cc(S(=O)(=O)NCCCN=[N+]=[N-])nc1C. The maximum Gasteiger partial charge on any atom is 0.259 e. The number of nitrogens with zero attached hydrogens (tertiary/aromatic N) is 5. The standard InChI is InChI=1S/C10H18N6O2S/c1-3-7-16-8-10(14-9(16)2)19(17,18)13-6-4-5-12-15-11/h8,13H,3-7H2,1-2H3. The van der Waals surface area contributed by atoms with Gasteiger partial charge in [0.2, 0.25) is 0 Å². The predicted molar refractivity (Wildman–Crippen MR) is 71.1 cm³/mol. The van der Waals surface area contributed by atoms with Crippen LogP contribution in [0.15, 0.2) is 16.3 Å². The van der Waals surface area contributed by atoms with Crippen molar-refractivity contribution in [2.45, 2.75) is 38.3 Å². The van der Waals surface area contributed by atoms with E-state index in [4.69, 9.17) is 5.53 Å². The summed E-state index contributed by atoms with van der Waals surface area (Å²) in [5.74, 6) is 0.677. The summed E-state index contributed by atoms with van der Waals surface area (Å²) in [6, 6.07) is 0. The molecule has 0 saturated carbocycles. The fourth-order valence-corrected chi connectivity index (χ4v) is 2.63. The van der Waals surface area contributed by atoms with Crippen molar-refractivity contribution in [2.24, 2.45) is 5.11 Å². The largest absolute Gasteiger partial charge is 0.334 e. The molecule has 0 aliphatic heterocycles. The Kier molecular flexibility index (Phi) is 5.81. The highest BCUT2D eigenvalue weighted by atomic mass is 32.2. The third-order valence-corrected chi connectivity index (χ3v) is 3.82. The Balaban J connectivity index is 2.66. The van der Waals surface area contributed by atoms with E-state index in [1.807, 2.05) is 11.5 Å². The molecule has 19 heavy (non-hydrogen) atoms. The van der Waals surface area contributed by atoms with Crippen molar-refractivity contribution in [3.05, 3.63) is 22.5 Å². The van der Waals surface area contributed by atoms with Gasteiger partial charge in [-0.3, -0.25) is 0 Å². The Morgan fingerprint density at radius 1 is 1.58 bits per heavy atom. The molecule has 0 radical (unpaired) electrons. The lowest BCUT2D eigenvalue weighted by atomic mass is 10.4. The molecule has 1 rings (SSSR count). The van der Waals surface area contributed by atoms with E-state index in [1.54, 1.807) is 6.92 Å². The van der Waals surface area contributed by atoms with E-state index in [2.05, 4.69) is 19.7 Å². The molecule has 0 amide bonds. The number of hydrogen-bond donors (Lipinski definition) is 1. The summed E-state index contributed by atoms with van der Waals surface area (Å²) in [4.78, 5) is 6.64. The zero-order chi connectivity index (χ0) is 14.3. The van der Waals surface area contributed by atoms with Gasteiger partial charge >= 0.3 is 0 Å². The topological polar surface area (TPSA) is 113 Å². The molecule has 0 spiro atoms. The molecular weight excluding hydrogens is 268 g/mol. The maximum absolute atomic E-state index is 11.9. The Bertz CT molecular complexity index is 559. The van der Waals surface area contributed by atoms with Gasteiger partial charge in [-0.05, 0) is 25.3 Å². The lowest BCUT2D eigenvalue weighted by Gasteiger charge is -2.02. The van der Waals surface area contributed by atoms with E-state index in [0.717, 1.165) is 13.0 Å². The van der Waals surface area contributed by atoms with Gasteiger partial charge in [0.15, 0.2) is 5.03 Å². The molecule has 1 N–H and O–H groups in total. The van der Waals surface area contributed by atoms with E-state index < -0.39 is 10.0 Å². The molecule has 0 atom stereocenters. The summed E-state index contributed by atoms with van der Waals surface area (Å²) in [5, 5.41) is 3.36. The van der Waals surface area contributed by atoms with Crippen LogP contribution in [0.2, 0.25) is 0 Å². The Morgan fingerprint density at radius 2 is 2.32 bits per heavy atom. The zero-order valence-corrected chi connectivity index (χ0v) is 11.9. The van der Waals surface area contributed by atoms with Crippen molar-refractivity contribution in [1.82, 2.24) is 14.3 Å². The third kappa shape index (κ3) is 4.55.